The lowest BCUT2D eigenvalue weighted by Crippen LogP contribution is -2.41. The Kier molecular flexibility index (Phi) is 5.37. The van der Waals surface area contributed by atoms with Crippen molar-refractivity contribution in [3.63, 3.8) is 0 Å². The van der Waals surface area contributed by atoms with Gasteiger partial charge in [0, 0.05) is 12.6 Å². The second-order valence-corrected chi connectivity index (χ2v) is 4.38. The van der Waals surface area contributed by atoms with Crippen molar-refractivity contribution in [2.24, 2.45) is 11.7 Å². The predicted octanol–water partition coefficient (Wildman–Crippen LogP) is -0.0718. The van der Waals surface area contributed by atoms with E-state index in [0.717, 1.165) is 13.0 Å². The Morgan fingerprint density at radius 2 is 2.24 bits per heavy atom. The highest BCUT2D eigenvalue weighted by atomic mass is 16.5. The normalized spacial score (nSPS) is 24.6. The molecule has 6 heteroatoms. The minimum absolute atomic E-state index is 0.219. The van der Waals surface area contributed by atoms with Gasteiger partial charge >= 0.3 is 6.09 Å². The molecule has 1 saturated heterocycles. The molecular weight excluding hydrogens is 222 g/mol. The van der Waals surface area contributed by atoms with Gasteiger partial charge in [0.25, 0.3) is 0 Å². The number of rotatable bonds is 4. The van der Waals surface area contributed by atoms with E-state index < -0.39 is 6.09 Å². The Bertz CT molecular complexity index is 283. The monoisotopic (exact) mass is 243 g/mol. The fraction of sp³-hybridized carbons (Fsp3) is 0.818. The minimum Gasteiger partial charge on any atom is -0.450 e. The number of amides is 2. The molecule has 0 saturated carbocycles. The maximum absolute atomic E-state index is 11.5. The van der Waals surface area contributed by atoms with Gasteiger partial charge in [-0.05, 0) is 32.7 Å². The topological polar surface area (TPSA) is 84.7 Å². The van der Waals surface area contributed by atoms with E-state index in [1.807, 2.05) is 4.90 Å². The molecule has 17 heavy (non-hydrogen) atoms. The van der Waals surface area contributed by atoms with Gasteiger partial charge in [-0.15, -0.1) is 0 Å². The molecule has 1 heterocycles. The van der Waals surface area contributed by atoms with E-state index in [9.17, 15) is 9.59 Å². The third kappa shape index (κ3) is 4.32. The SMILES string of the molecule is CCOC(=O)NC(=O)CN1CC(CN)CC1C. The number of nitrogens with one attached hydrogen (secondary N) is 1. The molecule has 1 aliphatic heterocycles. The van der Waals surface area contributed by atoms with E-state index in [0.29, 0.717) is 18.5 Å². The van der Waals surface area contributed by atoms with Gasteiger partial charge in [-0.3, -0.25) is 15.0 Å². The maximum atomic E-state index is 11.5. The highest BCUT2D eigenvalue weighted by molar-refractivity contribution is 5.92. The molecule has 1 aliphatic rings. The number of carbonyl (C=O) groups excluding carboxylic acids is 2. The molecule has 0 aromatic carbocycles. The van der Waals surface area contributed by atoms with Crippen molar-refractivity contribution < 1.29 is 14.3 Å². The van der Waals surface area contributed by atoms with E-state index in [2.05, 4.69) is 17.0 Å². The van der Waals surface area contributed by atoms with Gasteiger partial charge in [0.15, 0.2) is 0 Å². The van der Waals surface area contributed by atoms with E-state index in [1.54, 1.807) is 6.92 Å². The molecule has 3 N–H and O–H groups in total. The second-order valence-electron chi connectivity index (χ2n) is 4.38. The van der Waals surface area contributed by atoms with Crippen LogP contribution >= 0.6 is 0 Å². The van der Waals surface area contributed by atoms with Crippen molar-refractivity contribution in [3.8, 4) is 0 Å². The Morgan fingerprint density at radius 1 is 1.53 bits per heavy atom. The van der Waals surface area contributed by atoms with E-state index >= 15 is 0 Å². The minimum atomic E-state index is -0.681. The number of ether oxygens (including phenoxy) is 1. The molecule has 1 fully saturated rings. The highest BCUT2D eigenvalue weighted by Crippen LogP contribution is 2.21. The van der Waals surface area contributed by atoms with Crippen LogP contribution in [0.4, 0.5) is 4.79 Å². The lowest BCUT2D eigenvalue weighted by atomic mass is 10.1. The van der Waals surface area contributed by atoms with Crippen LogP contribution in [0.2, 0.25) is 0 Å². The number of likely N-dealkylation sites (tertiary alicyclic amines) is 1. The molecule has 0 aromatic rings. The average Bonchev–Trinajstić information content (AvgIpc) is 2.59. The Hall–Kier alpha value is -1.14. The zero-order valence-corrected chi connectivity index (χ0v) is 10.4. The van der Waals surface area contributed by atoms with Crippen LogP contribution in [0.1, 0.15) is 20.3 Å². The number of alkyl carbamates (subject to hydrolysis) is 1. The smallest absolute Gasteiger partial charge is 0.413 e. The number of nitrogens with two attached hydrogens (primary N) is 1. The second kappa shape index (κ2) is 6.56. The summed E-state index contributed by atoms with van der Waals surface area (Å²) in [6, 6.07) is 0.330. The molecule has 0 bridgehead atoms. The van der Waals surface area contributed by atoms with Gasteiger partial charge in [0.1, 0.15) is 0 Å². The zero-order valence-electron chi connectivity index (χ0n) is 10.4. The van der Waals surface area contributed by atoms with E-state index in [1.165, 1.54) is 0 Å². The summed E-state index contributed by atoms with van der Waals surface area (Å²) < 4.78 is 4.64. The van der Waals surface area contributed by atoms with Crippen molar-refractivity contribution in [3.05, 3.63) is 0 Å². The third-order valence-corrected chi connectivity index (χ3v) is 2.99. The maximum Gasteiger partial charge on any atom is 0.413 e. The van der Waals surface area contributed by atoms with Crippen LogP contribution < -0.4 is 11.1 Å². The summed E-state index contributed by atoms with van der Waals surface area (Å²) in [6.07, 6.45) is 0.322. The standard InChI is InChI=1S/C11H21N3O3/c1-3-17-11(16)13-10(15)7-14-6-9(5-12)4-8(14)2/h8-9H,3-7,12H2,1-2H3,(H,13,15,16). The van der Waals surface area contributed by atoms with Crippen LogP contribution in [0.15, 0.2) is 0 Å². The quantitative estimate of drug-likeness (QED) is 0.722. The molecule has 1 rings (SSSR count). The molecule has 6 nitrogen and oxygen atoms in total. The lowest BCUT2D eigenvalue weighted by molar-refractivity contribution is -0.121. The summed E-state index contributed by atoms with van der Waals surface area (Å²) in [5, 5.41) is 2.19. The van der Waals surface area contributed by atoms with Gasteiger partial charge in [-0.2, -0.15) is 0 Å². The lowest BCUT2D eigenvalue weighted by Gasteiger charge is -2.19. The van der Waals surface area contributed by atoms with Crippen molar-refractivity contribution in [1.82, 2.24) is 10.2 Å². The third-order valence-electron chi connectivity index (χ3n) is 2.99. The summed E-state index contributed by atoms with van der Waals surface area (Å²) in [5.41, 5.74) is 5.61. The molecule has 2 atom stereocenters. The number of nitrogens with zero attached hydrogens (tertiary/aromatic N) is 1. The molecule has 0 aliphatic carbocycles. The van der Waals surface area contributed by atoms with Crippen LogP contribution in [0, 0.1) is 5.92 Å². The van der Waals surface area contributed by atoms with Crippen molar-refractivity contribution >= 4 is 12.0 Å². The van der Waals surface area contributed by atoms with Gasteiger partial charge in [-0.1, -0.05) is 0 Å². The molecule has 98 valence electrons. The van der Waals surface area contributed by atoms with Crippen LogP contribution in [0.25, 0.3) is 0 Å². The Balaban J connectivity index is 2.34. The molecule has 0 radical (unpaired) electrons. The molecule has 0 aromatic heterocycles. The van der Waals surface area contributed by atoms with Crippen molar-refractivity contribution in [1.29, 1.82) is 0 Å². The first-order valence-electron chi connectivity index (χ1n) is 5.97. The Morgan fingerprint density at radius 3 is 2.76 bits per heavy atom. The molecular formula is C11H21N3O3. The van der Waals surface area contributed by atoms with Gasteiger partial charge in [0.05, 0.1) is 13.2 Å². The highest BCUT2D eigenvalue weighted by Gasteiger charge is 2.29. The number of hydrogen-bond acceptors (Lipinski definition) is 5. The van der Waals surface area contributed by atoms with Crippen molar-refractivity contribution in [2.75, 3.05) is 26.2 Å². The summed E-state index contributed by atoms with van der Waals surface area (Å²) >= 11 is 0. The molecule has 2 unspecified atom stereocenters. The Labute approximate surface area is 101 Å². The summed E-state index contributed by atoms with van der Waals surface area (Å²) in [4.78, 5) is 24.6. The first-order valence-corrected chi connectivity index (χ1v) is 5.97. The first kappa shape index (κ1) is 13.9. The summed E-state index contributed by atoms with van der Waals surface area (Å²) in [6.45, 7) is 5.69. The van der Waals surface area contributed by atoms with Gasteiger partial charge < -0.3 is 10.5 Å². The number of carbonyl (C=O) groups is 2. The molecule has 0 spiro atoms. The van der Waals surface area contributed by atoms with Gasteiger partial charge in [0.2, 0.25) is 5.91 Å². The van der Waals surface area contributed by atoms with E-state index in [-0.39, 0.29) is 19.1 Å². The molecule has 2 amide bonds. The van der Waals surface area contributed by atoms with Crippen LogP contribution in [0.3, 0.4) is 0 Å². The fourth-order valence-electron chi connectivity index (χ4n) is 2.11. The summed E-state index contributed by atoms with van der Waals surface area (Å²) in [7, 11) is 0. The van der Waals surface area contributed by atoms with Crippen LogP contribution in [0.5, 0.6) is 0 Å². The largest absolute Gasteiger partial charge is 0.450 e. The average molecular weight is 243 g/mol. The van der Waals surface area contributed by atoms with Crippen molar-refractivity contribution in [2.45, 2.75) is 26.3 Å². The van der Waals surface area contributed by atoms with E-state index in [4.69, 9.17) is 5.73 Å². The van der Waals surface area contributed by atoms with Crippen LogP contribution in [-0.4, -0.2) is 49.2 Å². The zero-order chi connectivity index (χ0) is 12.8. The number of hydrogen-bond donors (Lipinski definition) is 2. The fourth-order valence-corrected chi connectivity index (χ4v) is 2.11. The van der Waals surface area contributed by atoms with Gasteiger partial charge in [-0.25, -0.2) is 4.79 Å². The summed E-state index contributed by atoms with van der Waals surface area (Å²) in [5.74, 6) is 0.119. The number of imide groups is 1. The predicted molar refractivity (Wildman–Crippen MR) is 63.4 cm³/mol. The van der Waals surface area contributed by atoms with Crippen LogP contribution in [-0.2, 0) is 9.53 Å². The first-order chi connectivity index (χ1) is 8.06.